The van der Waals surface area contributed by atoms with Crippen LogP contribution in [0.2, 0.25) is 0 Å². The first-order valence-electron chi connectivity index (χ1n) is 9.48. The van der Waals surface area contributed by atoms with Crippen molar-refractivity contribution in [3.63, 3.8) is 0 Å². The molecule has 0 unspecified atom stereocenters. The molecule has 1 aromatic heterocycles. The molecule has 0 radical (unpaired) electrons. The van der Waals surface area contributed by atoms with E-state index in [0.717, 1.165) is 27.5 Å². The Hall–Kier alpha value is -2.38. The van der Waals surface area contributed by atoms with Gasteiger partial charge in [0.1, 0.15) is 11.6 Å². The average molecular weight is 535 g/mol. The Morgan fingerprint density at radius 1 is 0.867 bits per heavy atom. The number of halogens is 3. The topological polar surface area (TPSA) is 42.9 Å². The highest BCUT2D eigenvalue weighted by atomic mass is 79.9. The van der Waals surface area contributed by atoms with Crippen molar-refractivity contribution in [1.82, 2.24) is 9.13 Å². The van der Waals surface area contributed by atoms with Gasteiger partial charge in [0, 0.05) is 11.0 Å². The largest absolute Gasteiger partial charge is 0.494 e. The van der Waals surface area contributed by atoms with Crippen LogP contribution in [0.3, 0.4) is 0 Å². The number of aromatic nitrogens is 2. The Morgan fingerprint density at radius 3 is 2.20 bits per heavy atom. The van der Waals surface area contributed by atoms with Gasteiger partial charge in [0.25, 0.3) is 0 Å². The van der Waals surface area contributed by atoms with Gasteiger partial charge in [-0.3, -0.25) is 5.41 Å². The minimum Gasteiger partial charge on any atom is -0.494 e. The summed E-state index contributed by atoms with van der Waals surface area (Å²) in [6, 6.07) is 22.2. The van der Waals surface area contributed by atoms with Gasteiger partial charge in [0.2, 0.25) is 5.62 Å². The van der Waals surface area contributed by atoms with Crippen LogP contribution in [0.1, 0.15) is 12.0 Å². The molecule has 0 saturated carbocycles. The van der Waals surface area contributed by atoms with E-state index in [-0.39, 0.29) is 22.8 Å². The third kappa shape index (κ3) is 4.84. The number of para-hydroxylation sites is 2. The SMILES string of the molecule is Br.N=c1n(CCCOc2ccc(F)cc2)c2ccccc2n1Cc1ccccc1Br. The Bertz CT molecular complexity index is 1190. The molecule has 4 nitrogen and oxygen atoms in total. The van der Waals surface area contributed by atoms with Crippen molar-refractivity contribution < 1.29 is 9.13 Å². The van der Waals surface area contributed by atoms with Gasteiger partial charge < -0.3 is 13.9 Å². The van der Waals surface area contributed by atoms with Crippen LogP contribution in [0.5, 0.6) is 5.75 Å². The van der Waals surface area contributed by atoms with Crippen LogP contribution < -0.4 is 10.4 Å². The van der Waals surface area contributed by atoms with Gasteiger partial charge in [-0.25, -0.2) is 4.39 Å². The molecule has 0 atom stereocenters. The van der Waals surface area contributed by atoms with Crippen LogP contribution in [0.15, 0.2) is 77.3 Å². The summed E-state index contributed by atoms with van der Waals surface area (Å²) < 4.78 is 23.8. The van der Waals surface area contributed by atoms with Gasteiger partial charge in [0.15, 0.2) is 0 Å². The van der Waals surface area contributed by atoms with E-state index in [1.54, 1.807) is 12.1 Å². The number of hydrogen-bond donors (Lipinski definition) is 1. The van der Waals surface area contributed by atoms with Crippen LogP contribution in [0.25, 0.3) is 11.0 Å². The maximum atomic E-state index is 13.0. The highest BCUT2D eigenvalue weighted by molar-refractivity contribution is 9.10. The normalized spacial score (nSPS) is 10.7. The molecule has 30 heavy (non-hydrogen) atoms. The molecule has 4 aromatic rings. The second kappa shape index (κ2) is 10.1. The number of imidazole rings is 1. The molecule has 156 valence electrons. The predicted molar refractivity (Wildman–Crippen MR) is 126 cm³/mol. The van der Waals surface area contributed by atoms with Crippen LogP contribution in [0, 0.1) is 11.2 Å². The van der Waals surface area contributed by atoms with Crippen molar-refractivity contribution in [3.8, 4) is 5.75 Å². The number of fused-ring (bicyclic) bond motifs is 1. The van der Waals surface area contributed by atoms with E-state index >= 15 is 0 Å². The molecule has 1 heterocycles. The Balaban J connectivity index is 0.00000256. The quantitative estimate of drug-likeness (QED) is 0.294. The van der Waals surface area contributed by atoms with E-state index in [0.29, 0.717) is 31.1 Å². The molecule has 0 aliphatic rings. The van der Waals surface area contributed by atoms with Crippen LogP contribution in [-0.4, -0.2) is 15.7 Å². The highest BCUT2D eigenvalue weighted by Crippen LogP contribution is 2.20. The first-order valence-corrected chi connectivity index (χ1v) is 10.3. The fourth-order valence-electron chi connectivity index (χ4n) is 3.42. The third-order valence-electron chi connectivity index (χ3n) is 4.87. The highest BCUT2D eigenvalue weighted by Gasteiger charge is 2.12. The molecule has 1 N–H and O–H groups in total. The monoisotopic (exact) mass is 533 g/mol. The summed E-state index contributed by atoms with van der Waals surface area (Å²) in [6.07, 6.45) is 0.747. The molecular weight excluding hydrogens is 513 g/mol. The molecule has 0 aliphatic carbocycles. The lowest BCUT2D eigenvalue weighted by atomic mass is 10.2. The Morgan fingerprint density at radius 2 is 1.50 bits per heavy atom. The maximum absolute atomic E-state index is 13.0. The van der Waals surface area contributed by atoms with Crippen molar-refractivity contribution in [2.75, 3.05) is 6.61 Å². The van der Waals surface area contributed by atoms with E-state index < -0.39 is 0 Å². The van der Waals surface area contributed by atoms with E-state index in [9.17, 15) is 4.39 Å². The van der Waals surface area contributed by atoms with Crippen LogP contribution in [0.4, 0.5) is 4.39 Å². The van der Waals surface area contributed by atoms with Gasteiger partial charge in [-0.15, -0.1) is 17.0 Å². The summed E-state index contributed by atoms with van der Waals surface area (Å²) in [6.45, 7) is 1.80. The molecule has 0 fully saturated rings. The maximum Gasteiger partial charge on any atom is 0.203 e. The number of nitrogens with one attached hydrogen (secondary N) is 1. The van der Waals surface area contributed by atoms with E-state index in [1.807, 2.05) is 45.5 Å². The first-order chi connectivity index (χ1) is 14.1. The predicted octanol–water partition coefficient (Wildman–Crippen LogP) is 5.92. The summed E-state index contributed by atoms with van der Waals surface area (Å²) in [7, 11) is 0. The number of benzene rings is 3. The lowest BCUT2D eigenvalue weighted by Crippen LogP contribution is -2.25. The average Bonchev–Trinajstić information content (AvgIpc) is 3.00. The van der Waals surface area contributed by atoms with Crippen molar-refractivity contribution in [2.45, 2.75) is 19.5 Å². The Kier molecular flexibility index (Phi) is 7.50. The number of rotatable bonds is 7. The molecule has 0 spiro atoms. The molecular formula is C23H22Br2FN3O. The van der Waals surface area contributed by atoms with Crippen molar-refractivity contribution in [3.05, 3.63) is 94.3 Å². The zero-order valence-corrected chi connectivity index (χ0v) is 19.5. The van der Waals surface area contributed by atoms with Crippen molar-refractivity contribution in [1.29, 1.82) is 5.41 Å². The van der Waals surface area contributed by atoms with Gasteiger partial charge >= 0.3 is 0 Å². The van der Waals surface area contributed by atoms with Crippen LogP contribution in [-0.2, 0) is 13.1 Å². The lowest BCUT2D eigenvalue weighted by molar-refractivity contribution is 0.300. The molecule has 7 heteroatoms. The fourth-order valence-corrected chi connectivity index (χ4v) is 3.83. The first kappa shape index (κ1) is 22.3. The van der Waals surface area contributed by atoms with E-state index in [4.69, 9.17) is 10.1 Å². The lowest BCUT2D eigenvalue weighted by Gasteiger charge is -2.08. The minimum atomic E-state index is -0.274. The van der Waals surface area contributed by atoms with E-state index in [1.165, 1.54) is 12.1 Å². The zero-order valence-electron chi connectivity index (χ0n) is 16.2. The standard InChI is InChI=1S/C23H21BrFN3O.BrH/c24-20-7-2-1-6-17(20)16-28-22-9-4-3-8-21(22)27(23(28)26)14-5-15-29-19-12-10-18(25)11-13-19;/h1-4,6-13,26H,5,14-16H2;1H. The molecule has 0 saturated heterocycles. The molecule has 0 aliphatic heterocycles. The third-order valence-corrected chi connectivity index (χ3v) is 5.64. The van der Waals surface area contributed by atoms with Gasteiger partial charge in [-0.2, -0.15) is 0 Å². The van der Waals surface area contributed by atoms with Gasteiger partial charge in [-0.05, 0) is 54.4 Å². The van der Waals surface area contributed by atoms with Crippen molar-refractivity contribution in [2.24, 2.45) is 0 Å². The summed E-state index contributed by atoms with van der Waals surface area (Å²) in [5.41, 5.74) is 3.66. The number of ether oxygens (including phenoxy) is 1. The zero-order chi connectivity index (χ0) is 20.2. The van der Waals surface area contributed by atoms with Crippen LogP contribution >= 0.6 is 32.9 Å². The smallest absolute Gasteiger partial charge is 0.203 e. The summed E-state index contributed by atoms with van der Waals surface area (Å²) in [4.78, 5) is 0. The number of aryl methyl sites for hydroxylation is 1. The Labute approximate surface area is 193 Å². The summed E-state index contributed by atoms with van der Waals surface area (Å²) in [5.74, 6) is 0.378. The number of nitrogens with zero attached hydrogens (tertiary/aromatic N) is 2. The molecule has 3 aromatic carbocycles. The van der Waals surface area contributed by atoms with Crippen molar-refractivity contribution >= 4 is 43.9 Å². The summed E-state index contributed by atoms with van der Waals surface area (Å²) in [5, 5.41) is 8.75. The fraction of sp³-hybridized carbons (Fsp3) is 0.174. The minimum absolute atomic E-state index is 0. The second-order valence-electron chi connectivity index (χ2n) is 6.80. The van der Waals surface area contributed by atoms with Gasteiger partial charge in [-0.1, -0.05) is 46.3 Å². The summed E-state index contributed by atoms with van der Waals surface area (Å²) >= 11 is 3.61. The molecule has 0 bridgehead atoms. The molecule has 4 rings (SSSR count). The number of hydrogen-bond acceptors (Lipinski definition) is 2. The second-order valence-corrected chi connectivity index (χ2v) is 7.65. The van der Waals surface area contributed by atoms with Gasteiger partial charge in [0.05, 0.1) is 24.2 Å². The van der Waals surface area contributed by atoms with E-state index in [2.05, 4.69) is 28.1 Å². The molecule has 0 amide bonds.